The topological polar surface area (TPSA) is 99.7 Å². The number of ether oxygens (including phenoxy) is 1. The number of hydrogen-bond donors (Lipinski definition) is 2. The number of aromatic nitrogens is 2. The molecule has 0 bridgehead atoms. The van der Waals surface area contributed by atoms with E-state index in [0.717, 1.165) is 38.4 Å². The molecule has 2 N–H and O–H groups in total. The van der Waals surface area contributed by atoms with E-state index in [-0.39, 0.29) is 11.7 Å². The minimum Gasteiger partial charge on any atom is -0.379 e. The number of halogens is 2. The molecular weight excluding hydrogens is 622 g/mol. The van der Waals surface area contributed by atoms with Gasteiger partial charge in [-0.25, -0.2) is 24.1 Å². The second-order valence-corrected chi connectivity index (χ2v) is 10.7. The van der Waals surface area contributed by atoms with Crippen molar-refractivity contribution in [3.05, 3.63) is 70.6 Å². The Morgan fingerprint density at radius 2 is 1.95 bits per heavy atom. The molecule has 2 aromatic heterocycles. The van der Waals surface area contributed by atoms with Crippen LogP contribution in [0.3, 0.4) is 0 Å². The van der Waals surface area contributed by atoms with Gasteiger partial charge in [0.05, 0.1) is 30.0 Å². The summed E-state index contributed by atoms with van der Waals surface area (Å²) in [5.41, 5.74) is 3.36. The molecule has 1 saturated heterocycles. The Morgan fingerprint density at radius 1 is 1.16 bits per heavy atom. The number of carbonyl (C=O) groups excluding carboxylic acids is 2. The molecule has 38 heavy (non-hydrogen) atoms. The average molecular weight is 644 g/mol. The maximum absolute atomic E-state index is 13.9. The van der Waals surface area contributed by atoms with Gasteiger partial charge >= 0.3 is 6.03 Å². The number of hydrogen-bond acceptors (Lipinski definition) is 7. The van der Waals surface area contributed by atoms with E-state index in [4.69, 9.17) is 4.74 Å². The summed E-state index contributed by atoms with van der Waals surface area (Å²) in [7, 11) is 0. The average Bonchev–Trinajstić information content (AvgIpc) is 3.30. The van der Waals surface area contributed by atoms with Crippen LogP contribution in [0.15, 0.2) is 48.8 Å². The van der Waals surface area contributed by atoms with Crippen LogP contribution in [-0.2, 0) is 15.7 Å². The summed E-state index contributed by atoms with van der Waals surface area (Å²) in [5, 5.41) is 6.36. The minimum absolute atomic E-state index is 0.334. The van der Waals surface area contributed by atoms with Crippen LogP contribution in [0.2, 0.25) is 0 Å². The van der Waals surface area contributed by atoms with Crippen molar-refractivity contribution in [1.29, 1.82) is 0 Å². The van der Waals surface area contributed by atoms with Crippen LogP contribution >= 0.6 is 33.9 Å². The van der Waals surface area contributed by atoms with E-state index >= 15 is 0 Å². The van der Waals surface area contributed by atoms with Crippen molar-refractivity contribution in [2.75, 3.05) is 41.8 Å². The third-order valence-corrected chi connectivity index (χ3v) is 8.39. The largest absolute Gasteiger partial charge is 0.379 e. The van der Waals surface area contributed by atoms with Gasteiger partial charge in [0.25, 0.3) is 5.91 Å². The maximum Gasteiger partial charge on any atom is 0.332 e. The van der Waals surface area contributed by atoms with Crippen molar-refractivity contribution in [2.45, 2.75) is 11.0 Å². The van der Waals surface area contributed by atoms with Crippen LogP contribution in [0.1, 0.15) is 20.8 Å². The lowest BCUT2D eigenvalue weighted by molar-refractivity contribution is 0.0342. The summed E-state index contributed by atoms with van der Waals surface area (Å²) >= 11 is 3.31. The van der Waals surface area contributed by atoms with Crippen LogP contribution in [0.4, 0.5) is 32.1 Å². The van der Waals surface area contributed by atoms with E-state index in [1.807, 2.05) is 24.3 Å². The summed E-state index contributed by atoms with van der Waals surface area (Å²) in [6.07, 6.45) is 1.37. The number of thiophene rings is 1. The highest BCUT2D eigenvalue weighted by Crippen LogP contribution is 2.45. The van der Waals surface area contributed by atoms with Crippen LogP contribution < -0.4 is 15.5 Å². The lowest BCUT2D eigenvalue weighted by atomic mass is 10.1. The monoisotopic (exact) mass is 644 g/mol. The molecule has 9 nitrogen and oxygen atoms in total. The van der Waals surface area contributed by atoms with E-state index in [1.54, 1.807) is 6.07 Å². The number of benzene rings is 2. The Labute approximate surface area is 235 Å². The standard InChI is InChI=1S/C26H22FIN6O3S/c27-17-3-6-19(16(11-17)12-28)34-23-20-21(32-26(34)36)22(38-25(20)30-14-29-23)24(35)31-18-4-1-15(2-5-18)13-33-7-9-37-10-8-33/h1-6,11,14H,7-10,12-13H2,(H,31,35)(H,32,36). The van der Waals surface area contributed by atoms with Gasteiger partial charge in [0, 0.05) is 29.7 Å². The molecule has 1 fully saturated rings. The maximum atomic E-state index is 13.9. The summed E-state index contributed by atoms with van der Waals surface area (Å²) in [5.74, 6) is -0.373. The first kappa shape index (κ1) is 25.1. The summed E-state index contributed by atoms with van der Waals surface area (Å²) in [4.78, 5) is 40.0. The Balaban J connectivity index is 1.28. The number of nitrogens with zero attached hydrogens (tertiary/aromatic N) is 4. The van der Waals surface area contributed by atoms with Crippen LogP contribution in [0.5, 0.6) is 0 Å². The van der Waals surface area contributed by atoms with E-state index in [1.165, 1.54) is 34.7 Å². The first-order chi connectivity index (χ1) is 18.5. The molecule has 0 radical (unpaired) electrons. The molecule has 4 heterocycles. The van der Waals surface area contributed by atoms with Gasteiger partial charge in [0.1, 0.15) is 21.9 Å². The van der Waals surface area contributed by atoms with Gasteiger partial charge in [-0.3, -0.25) is 9.69 Å². The van der Waals surface area contributed by atoms with Crippen molar-refractivity contribution in [3.8, 4) is 0 Å². The van der Waals surface area contributed by atoms with Crippen molar-refractivity contribution in [3.63, 3.8) is 0 Å². The molecule has 0 unspecified atom stereocenters. The second kappa shape index (κ2) is 10.5. The molecule has 6 rings (SSSR count). The first-order valence-electron chi connectivity index (χ1n) is 11.9. The molecule has 3 amide bonds. The molecule has 2 aromatic carbocycles. The SMILES string of the molecule is O=C(Nc1ccc(CN2CCOCC2)cc1)c1sc2ncnc3c2c1NC(=O)N3c1ccc(F)cc1CI. The Bertz CT molecular complexity index is 1540. The van der Waals surface area contributed by atoms with Gasteiger partial charge in [-0.15, -0.1) is 11.3 Å². The lowest BCUT2D eigenvalue weighted by Gasteiger charge is -2.28. The predicted molar refractivity (Wildman–Crippen MR) is 153 cm³/mol. The Kier molecular flexibility index (Phi) is 6.95. The predicted octanol–water partition coefficient (Wildman–Crippen LogP) is 5.53. The highest BCUT2D eigenvalue weighted by atomic mass is 127. The van der Waals surface area contributed by atoms with Crippen molar-refractivity contribution < 1.29 is 18.7 Å². The number of nitrogens with one attached hydrogen (secondary N) is 2. The quantitative estimate of drug-likeness (QED) is 0.212. The van der Waals surface area contributed by atoms with Gasteiger partial charge < -0.3 is 15.4 Å². The molecule has 4 aromatic rings. The number of carbonyl (C=O) groups is 2. The normalized spacial score (nSPS) is 15.5. The van der Waals surface area contributed by atoms with Gasteiger partial charge in [0.15, 0.2) is 5.82 Å². The van der Waals surface area contributed by atoms with Crippen molar-refractivity contribution >= 4 is 79.0 Å². The number of alkyl halides is 1. The Morgan fingerprint density at radius 3 is 2.71 bits per heavy atom. The van der Waals surface area contributed by atoms with E-state index < -0.39 is 6.03 Å². The van der Waals surface area contributed by atoms with Gasteiger partial charge in [0.2, 0.25) is 0 Å². The molecule has 2 aliphatic heterocycles. The molecule has 0 saturated carbocycles. The second-order valence-electron chi connectivity index (χ2n) is 8.90. The number of anilines is 4. The molecule has 0 spiro atoms. The van der Waals surface area contributed by atoms with Crippen LogP contribution in [0, 0.1) is 5.82 Å². The third-order valence-electron chi connectivity index (χ3n) is 6.47. The number of amides is 3. The Hall–Kier alpha value is -3.20. The summed E-state index contributed by atoms with van der Waals surface area (Å²) in [6.45, 7) is 4.13. The summed E-state index contributed by atoms with van der Waals surface area (Å²) < 4.78 is 19.8. The number of urea groups is 1. The van der Waals surface area contributed by atoms with Crippen LogP contribution in [0.25, 0.3) is 10.2 Å². The fourth-order valence-corrected chi connectivity index (χ4v) is 6.23. The number of morpholine rings is 1. The van der Waals surface area contributed by atoms with Crippen LogP contribution in [-0.4, -0.2) is 53.1 Å². The fourth-order valence-electron chi connectivity index (χ4n) is 4.63. The molecule has 2 aliphatic rings. The van der Waals surface area contributed by atoms with Gasteiger partial charge in [-0.2, -0.15) is 0 Å². The molecular formula is C26H22FIN6O3S. The summed E-state index contributed by atoms with van der Waals surface area (Å²) in [6, 6.07) is 11.5. The molecule has 12 heteroatoms. The first-order valence-corrected chi connectivity index (χ1v) is 14.3. The lowest BCUT2D eigenvalue weighted by Crippen LogP contribution is -2.35. The molecule has 0 atom stereocenters. The number of rotatable bonds is 6. The molecule has 0 aliphatic carbocycles. The zero-order valence-corrected chi connectivity index (χ0v) is 23.0. The third kappa shape index (κ3) is 4.72. The van der Waals surface area contributed by atoms with E-state index in [2.05, 4.69) is 48.1 Å². The van der Waals surface area contributed by atoms with E-state index in [9.17, 15) is 14.0 Å². The van der Waals surface area contributed by atoms with E-state index in [0.29, 0.717) is 48.0 Å². The van der Waals surface area contributed by atoms with Gasteiger partial charge in [-0.05, 0) is 41.5 Å². The van der Waals surface area contributed by atoms with Gasteiger partial charge in [-0.1, -0.05) is 34.7 Å². The highest BCUT2D eigenvalue weighted by Gasteiger charge is 2.34. The smallest absolute Gasteiger partial charge is 0.332 e. The minimum atomic E-state index is -0.477. The van der Waals surface area contributed by atoms with Crippen molar-refractivity contribution in [2.24, 2.45) is 0 Å². The zero-order valence-electron chi connectivity index (χ0n) is 20.0. The van der Waals surface area contributed by atoms with Crippen molar-refractivity contribution in [1.82, 2.24) is 14.9 Å². The fraction of sp³-hybridized carbons (Fsp3) is 0.231. The zero-order chi connectivity index (χ0) is 26.2. The highest BCUT2D eigenvalue weighted by molar-refractivity contribution is 14.1. The molecule has 194 valence electrons.